The number of carbonyl (C=O) groups is 2. The fourth-order valence-corrected chi connectivity index (χ4v) is 2.14. The summed E-state index contributed by atoms with van der Waals surface area (Å²) in [6, 6.07) is 3.70. The van der Waals surface area contributed by atoms with E-state index in [-0.39, 0.29) is 28.3 Å². The van der Waals surface area contributed by atoms with Crippen molar-refractivity contribution in [2.24, 2.45) is 5.92 Å². The molecule has 118 valence electrons. The highest BCUT2D eigenvalue weighted by atomic mass is 35.5. The van der Waals surface area contributed by atoms with Gasteiger partial charge in [-0.2, -0.15) is 0 Å². The van der Waals surface area contributed by atoms with Crippen molar-refractivity contribution in [1.82, 2.24) is 0 Å². The lowest BCUT2D eigenvalue weighted by molar-refractivity contribution is -0.384. The van der Waals surface area contributed by atoms with Crippen LogP contribution in [0.2, 0.25) is 5.02 Å². The van der Waals surface area contributed by atoms with E-state index in [1.54, 1.807) is 0 Å². The van der Waals surface area contributed by atoms with Crippen molar-refractivity contribution in [2.75, 3.05) is 5.32 Å². The van der Waals surface area contributed by atoms with Gasteiger partial charge in [0, 0.05) is 12.1 Å². The molecule has 1 aromatic rings. The van der Waals surface area contributed by atoms with E-state index >= 15 is 0 Å². The van der Waals surface area contributed by atoms with E-state index in [2.05, 4.69) is 5.32 Å². The van der Waals surface area contributed by atoms with Crippen molar-refractivity contribution in [3.8, 4) is 0 Å². The Hall–Kier alpha value is -2.15. The van der Waals surface area contributed by atoms with Crippen molar-refractivity contribution in [3.05, 3.63) is 33.3 Å². The molecule has 1 aliphatic carbocycles. The fourth-order valence-electron chi connectivity index (χ4n) is 1.92. The molecular formula is C14H15ClN2O5. The molecule has 0 radical (unpaired) electrons. The summed E-state index contributed by atoms with van der Waals surface area (Å²) in [6.45, 7) is 1.46. The standard InChI is InChI=1S/C14H15ClN2O5/c1-8(22-14(19)9-3-2-4-9)13(18)16-12-6-5-10(17(20)21)7-11(12)15/h5-9H,2-4H2,1H3,(H,16,18)/t8-/m0/s1. The molecule has 0 spiro atoms. The van der Waals surface area contributed by atoms with Gasteiger partial charge in [0.1, 0.15) is 0 Å². The first-order chi connectivity index (χ1) is 10.4. The molecule has 1 aromatic carbocycles. The van der Waals surface area contributed by atoms with Gasteiger partial charge >= 0.3 is 5.97 Å². The molecule has 8 heteroatoms. The van der Waals surface area contributed by atoms with Crippen LogP contribution in [0.25, 0.3) is 0 Å². The Kier molecular flexibility index (Phi) is 4.97. The van der Waals surface area contributed by atoms with E-state index in [1.807, 2.05) is 0 Å². The molecule has 2 rings (SSSR count). The number of rotatable bonds is 5. The van der Waals surface area contributed by atoms with E-state index < -0.39 is 16.9 Å². The highest BCUT2D eigenvalue weighted by molar-refractivity contribution is 6.34. The van der Waals surface area contributed by atoms with Gasteiger partial charge in [0.15, 0.2) is 6.10 Å². The van der Waals surface area contributed by atoms with Crippen LogP contribution in [0, 0.1) is 16.0 Å². The molecule has 22 heavy (non-hydrogen) atoms. The average Bonchev–Trinajstić information content (AvgIpc) is 2.38. The Morgan fingerprint density at radius 2 is 2.14 bits per heavy atom. The van der Waals surface area contributed by atoms with Gasteiger partial charge in [-0.1, -0.05) is 18.0 Å². The zero-order chi connectivity index (χ0) is 16.3. The fraction of sp³-hybridized carbons (Fsp3) is 0.429. The molecule has 7 nitrogen and oxygen atoms in total. The topological polar surface area (TPSA) is 98.5 Å². The second-order valence-corrected chi connectivity index (χ2v) is 5.52. The van der Waals surface area contributed by atoms with Crippen molar-refractivity contribution in [3.63, 3.8) is 0 Å². The molecule has 0 heterocycles. The van der Waals surface area contributed by atoms with Gasteiger partial charge in [-0.15, -0.1) is 0 Å². The van der Waals surface area contributed by atoms with Crippen LogP contribution in [0.15, 0.2) is 18.2 Å². The molecule has 0 unspecified atom stereocenters. The van der Waals surface area contributed by atoms with Crippen LogP contribution < -0.4 is 5.32 Å². The second kappa shape index (κ2) is 6.74. The third kappa shape index (κ3) is 3.73. The number of benzene rings is 1. The maximum absolute atomic E-state index is 12.0. The molecule has 0 saturated heterocycles. The Balaban J connectivity index is 1.95. The van der Waals surface area contributed by atoms with E-state index in [9.17, 15) is 19.7 Å². The van der Waals surface area contributed by atoms with Crippen molar-refractivity contribution < 1.29 is 19.2 Å². The lowest BCUT2D eigenvalue weighted by Crippen LogP contribution is -2.34. The molecular weight excluding hydrogens is 312 g/mol. The predicted octanol–water partition coefficient (Wildman–Crippen LogP) is 2.92. The molecule has 1 amide bonds. The van der Waals surface area contributed by atoms with Gasteiger partial charge in [0.25, 0.3) is 11.6 Å². The number of nitrogens with zero attached hydrogens (tertiary/aromatic N) is 1. The molecule has 1 aliphatic rings. The number of nitro groups is 1. The second-order valence-electron chi connectivity index (χ2n) is 5.12. The highest BCUT2D eigenvalue weighted by Gasteiger charge is 2.29. The zero-order valence-electron chi connectivity index (χ0n) is 11.9. The van der Waals surface area contributed by atoms with Gasteiger partial charge in [-0.05, 0) is 25.8 Å². The van der Waals surface area contributed by atoms with Crippen LogP contribution in [-0.2, 0) is 14.3 Å². The van der Waals surface area contributed by atoms with Crippen molar-refractivity contribution in [2.45, 2.75) is 32.3 Å². The molecule has 0 bridgehead atoms. The number of hydrogen-bond donors (Lipinski definition) is 1. The SMILES string of the molecule is C[C@H](OC(=O)C1CCC1)C(=O)Nc1ccc([N+](=O)[O-])cc1Cl. The zero-order valence-corrected chi connectivity index (χ0v) is 12.6. The number of ether oxygens (including phenoxy) is 1. The largest absolute Gasteiger partial charge is 0.452 e. The summed E-state index contributed by atoms with van der Waals surface area (Å²) in [5.74, 6) is -1.02. The number of non-ortho nitro benzene ring substituents is 1. The number of carbonyl (C=O) groups excluding carboxylic acids is 2. The Morgan fingerprint density at radius 1 is 1.45 bits per heavy atom. The smallest absolute Gasteiger partial charge is 0.309 e. The molecule has 0 aromatic heterocycles. The Morgan fingerprint density at radius 3 is 2.64 bits per heavy atom. The lowest BCUT2D eigenvalue weighted by atomic mass is 9.86. The number of nitro benzene ring substituents is 1. The molecule has 1 atom stereocenters. The predicted molar refractivity (Wildman–Crippen MR) is 79.6 cm³/mol. The van der Waals surface area contributed by atoms with Crippen LogP contribution in [0.5, 0.6) is 0 Å². The summed E-state index contributed by atoms with van der Waals surface area (Å²) in [4.78, 5) is 33.7. The summed E-state index contributed by atoms with van der Waals surface area (Å²) in [5, 5.41) is 13.1. The van der Waals surface area contributed by atoms with Crippen LogP contribution in [0.3, 0.4) is 0 Å². The van der Waals surface area contributed by atoms with Crippen molar-refractivity contribution >= 4 is 34.9 Å². The Labute approximate surface area is 131 Å². The first kappa shape index (κ1) is 16.2. The van der Waals surface area contributed by atoms with Gasteiger partial charge in [-0.3, -0.25) is 19.7 Å². The summed E-state index contributed by atoms with van der Waals surface area (Å²) in [6.07, 6.45) is 1.63. The first-order valence-electron chi connectivity index (χ1n) is 6.84. The lowest BCUT2D eigenvalue weighted by Gasteiger charge is -2.24. The third-order valence-corrected chi connectivity index (χ3v) is 3.83. The number of nitrogens with one attached hydrogen (secondary N) is 1. The molecule has 1 saturated carbocycles. The highest BCUT2D eigenvalue weighted by Crippen LogP contribution is 2.29. The third-order valence-electron chi connectivity index (χ3n) is 3.52. The molecule has 1 N–H and O–H groups in total. The first-order valence-corrected chi connectivity index (χ1v) is 7.21. The molecule has 0 aliphatic heterocycles. The summed E-state index contributed by atoms with van der Waals surface area (Å²) >= 11 is 5.88. The monoisotopic (exact) mass is 326 g/mol. The maximum Gasteiger partial charge on any atom is 0.309 e. The number of hydrogen-bond acceptors (Lipinski definition) is 5. The number of halogens is 1. The van der Waals surface area contributed by atoms with Crippen LogP contribution in [-0.4, -0.2) is 22.9 Å². The summed E-state index contributed by atoms with van der Waals surface area (Å²) in [5.41, 5.74) is 0.0521. The average molecular weight is 327 g/mol. The van der Waals surface area contributed by atoms with Gasteiger partial charge < -0.3 is 10.1 Å². The van der Waals surface area contributed by atoms with E-state index in [1.165, 1.54) is 19.1 Å². The minimum absolute atomic E-state index is 0.0417. The van der Waals surface area contributed by atoms with E-state index in [0.717, 1.165) is 25.3 Å². The van der Waals surface area contributed by atoms with Crippen LogP contribution in [0.1, 0.15) is 26.2 Å². The number of esters is 1. The quantitative estimate of drug-likeness (QED) is 0.509. The number of anilines is 1. The summed E-state index contributed by atoms with van der Waals surface area (Å²) in [7, 11) is 0. The Bertz CT molecular complexity index is 615. The summed E-state index contributed by atoms with van der Waals surface area (Å²) < 4.78 is 5.09. The van der Waals surface area contributed by atoms with Crippen molar-refractivity contribution in [1.29, 1.82) is 0 Å². The van der Waals surface area contributed by atoms with Crippen LogP contribution in [0.4, 0.5) is 11.4 Å². The van der Waals surface area contributed by atoms with Gasteiger partial charge in [-0.25, -0.2) is 0 Å². The van der Waals surface area contributed by atoms with E-state index in [4.69, 9.17) is 16.3 Å². The van der Waals surface area contributed by atoms with Gasteiger partial charge in [0.2, 0.25) is 0 Å². The van der Waals surface area contributed by atoms with Crippen LogP contribution >= 0.6 is 11.6 Å². The molecule has 1 fully saturated rings. The minimum Gasteiger partial charge on any atom is -0.452 e. The van der Waals surface area contributed by atoms with Gasteiger partial charge in [0.05, 0.1) is 21.6 Å². The minimum atomic E-state index is -0.959. The van der Waals surface area contributed by atoms with E-state index in [0.29, 0.717) is 0 Å². The number of amides is 1. The normalized spacial score (nSPS) is 15.5. The maximum atomic E-state index is 12.0.